The second-order valence-corrected chi connectivity index (χ2v) is 3.88. The molecule has 1 amide bonds. The van der Waals surface area contributed by atoms with Crippen LogP contribution >= 0.6 is 0 Å². The summed E-state index contributed by atoms with van der Waals surface area (Å²) in [7, 11) is 0. The molecule has 1 aromatic rings. The molecule has 1 aromatic carbocycles. The molecule has 0 aromatic heterocycles. The Kier molecular flexibility index (Phi) is 4.76. The van der Waals surface area contributed by atoms with E-state index in [1.54, 1.807) is 0 Å². The Balaban J connectivity index is 2.59. The topological polar surface area (TPSA) is 66.4 Å². The Labute approximate surface area is 103 Å². The minimum Gasteiger partial charge on any atom is -0.481 e. The van der Waals surface area contributed by atoms with E-state index in [4.69, 9.17) is 5.11 Å². The van der Waals surface area contributed by atoms with E-state index in [0.717, 1.165) is 18.2 Å². The van der Waals surface area contributed by atoms with E-state index in [1.165, 1.54) is 6.92 Å². The lowest BCUT2D eigenvalue weighted by molar-refractivity contribution is -0.141. The summed E-state index contributed by atoms with van der Waals surface area (Å²) in [6.45, 7) is 1.53. The highest BCUT2D eigenvalue weighted by Gasteiger charge is 2.17. The summed E-state index contributed by atoms with van der Waals surface area (Å²) in [5, 5.41) is 10.9. The van der Waals surface area contributed by atoms with Crippen LogP contribution in [0.15, 0.2) is 18.2 Å². The van der Waals surface area contributed by atoms with E-state index in [0.29, 0.717) is 0 Å². The van der Waals surface area contributed by atoms with E-state index in [1.807, 2.05) is 0 Å². The molecule has 0 spiro atoms. The smallest absolute Gasteiger partial charge is 0.306 e. The van der Waals surface area contributed by atoms with E-state index < -0.39 is 35.0 Å². The van der Waals surface area contributed by atoms with Crippen molar-refractivity contribution in [2.24, 2.45) is 5.92 Å². The Hall–Kier alpha value is -1.98. The Morgan fingerprint density at radius 1 is 1.33 bits per heavy atom. The number of carboxylic acids is 1. The number of hydrogen-bond acceptors (Lipinski definition) is 2. The summed E-state index contributed by atoms with van der Waals surface area (Å²) < 4.78 is 26.4. The molecule has 0 aliphatic heterocycles. The normalized spacial score (nSPS) is 11.9. The first-order chi connectivity index (χ1) is 8.43. The van der Waals surface area contributed by atoms with E-state index in [9.17, 15) is 18.4 Å². The quantitative estimate of drug-likeness (QED) is 0.845. The van der Waals surface area contributed by atoms with E-state index >= 15 is 0 Å². The van der Waals surface area contributed by atoms with Crippen molar-refractivity contribution in [2.45, 2.75) is 13.3 Å². The predicted octanol–water partition coefficient (Wildman–Crippen LogP) is 1.81. The van der Waals surface area contributed by atoms with E-state index in [2.05, 4.69) is 5.32 Å². The minimum absolute atomic E-state index is 0.0417. The summed E-state index contributed by atoms with van der Waals surface area (Å²) in [6, 6.07) is 3.13. The van der Waals surface area contributed by atoms with Gasteiger partial charge in [0.05, 0.1) is 5.92 Å². The van der Waals surface area contributed by atoms with Crippen LogP contribution in [0.3, 0.4) is 0 Å². The minimum atomic E-state index is -0.985. The van der Waals surface area contributed by atoms with Gasteiger partial charge in [0.1, 0.15) is 17.2 Å². The van der Waals surface area contributed by atoms with E-state index in [-0.39, 0.29) is 13.0 Å². The van der Waals surface area contributed by atoms with Gasteiger partial charge in [0.25, 0.3) is 5.91 Å². The highest BCUT2D eigenvalue weighted by molar-refractivity contribution is 5.94. The van der Waals surface area contributed by atoms with Gasteiger partial charge in [-0.15, -0.1) is 0 Å². The maximum Gasteiger partial charge on any atom is 0.306 e. The number of halogens is 2. The number of aliphatic carboxylic acids is 1. The first-order valence-corrected chi connectivity index (χ1v) is 5.38. The third-order valence-corrected chi connectivity index (χ3v) is 2.47. The number of carbonyl (C=O) groups excluding carboxylic acids is 1. The van der Waals surface area contributed by atoms with Crippen molar-refractivity contribution in [3.63, 3.8) is 0 Å². The molecule has 0 saturated heterocycles. The lowest BCUT2D eigenvalue weighted by atomic mass is 10.1. The molecule has 0 radical (unpaired) electrons. The standard InChI is InChI=1S/C12H13F2NO3/c1-7(12(17)18)5-6-15-11(16)10-8(13)3-2-4-9(10)14/h2-4,7H,5-6H2,1H3,(H,15,16)(H,17,18). The van der Waals surface area contributed by atoms with Gasteiger partial charge < -0.3 is 10.4 Å². The maximum atomic E-state index is 13.2. The van der Waals surface area contributed by atoms with Gasteiger partial charge in [-0.2, -0.15) is 0 Å². The zero-order chi connectivity index (χ0) is 13.7. The number of carboxylic acid groups (broad SMARTS) is 1. The van der Waals surface area contributed by atoms with Gasteiger partial charge in [0, 0.05) is 6.54 Å². The fourth-order valence-electron chi connectivity index (χ4n) is 1.33. The first-order valence-electron chi connectivity index (χ1n) is 5.38. The number of benzene rings is 1. The Morgan fingerprint density at radius 2 is 1.89 bits per heavy atom. The van der Waals surface area contributed by atoms with Crippen molar-refractivity contribution in [2.75, 3.05) is 6.54 Å². The summed E-state index contributed by atoms with van der Waals surface area (Å²) in [5.74, 6) is -4.39. The van der Waals surface area contributed by atoms with Crippen LogP contribution < -0.4 is 5.32 Å². The highest BCUT2D eigenvalue weighted by atomic mass is 19.1. The second-order valence-electron chi connectivity index (χ2n) is 3.88. The van der Waals surface area contributed by atoms with Gasteiger partial charge in [-0.3, -0.25) is 9.59 Å². The highest BCUT2D eigenvalue weighted by Crippen LogP contribution is 2.11. The number of amides is 1. The monoisotopic (exact) mass is 257 g/mol. The molecule has 0 aliphatic rings. The van der Waals surface area contributed by atoms with Gasteiger partial charge in [-0.05, 0) is 18.6 Å². The SMILES string of the molecule is CC(CCNC(=O)c1c(F)cccc1F)C(=O)O. The van der Waals surface area contributed by atoms with Crippen molar-refractivity contribution in [3.05, 3.63) is 35.4 Å². The number of carbonyl (C=O) groups is 2. The summed E-state index contributed by atoms with van der Waals surface area (Å²) >= 11 is 0. The predicted molar refractivity (Wildman–Crippen MR) is 60.1 cm³/mol. The molecule has 1 unspecified atom stereocenters. The Morgan fingerprint density at radius 3 is 2.39 bits per heavy atom. The fraction of sp³-hybridized carbons (Fsp3) is 0.333. The second kappa shape index (κ2) is 6.09. The van der Waals surface area contributed by atoms with Crippen molar-refractivity contribution in [1.29, 1.82) is 0 Å². The number of rotatable bonds is 5. The van der Waals surface area contributed by atoms with Crippen LogP contribution in [0.4, 0.5) is 8.78 Å². The van der Waals surface area contributed by atoms with Gasteiger partial charge in [0.2, 0.25) is 0 Å². The molecule has 6 heteroatoms. The van der Waals surface area contributed by atoms with Crippen molar-refractivity contribution in [3.8, 4) is 0 Å². The summed E-state index contributed by atoms with van der Waals surface area (Å²) in [4.78, 5) is 22.0. The van der Waals surface area contributed by atoms with Gasteiger partial charge >= 0.3 is 5.97 Å². The lowest BCUT2D eigenvalue weighted by Crippen LogP contribution is -2.28. The van der Waals surface area contributed by atoms with Gasteiger partial charge in [-0.1, -0.05) is 13.0 Å². The van der Waals surface area contributed by atoms with Gasteiger partial charge in [-0.25, -0.2) is 8.78 Å². The zero-order valence-corrected chi connectivity index (χ0v) is 9.74. The first kappa shape index (κ1) is 14.1. The molecule has 1 rings (SSSR count). The van der Waals surface area contributed by atoms with Crippen molar-refractivity contribution >= 4 is 11.9 Å². The Bertz CT molecular complexity index is 442. The number of nitrogens with one attached hydrogen (secondary N) is 1. The van der Waals surface area contributed by atoms with Crippen LogP contribution in [0.2, 0.25) is 0 Å². The molecular formula is C12H13F2NO3. The fourth-order valence-corrected chi connectivity index (χ4v) is 1.33. The largest absolute Gasteiger partial charge is 0.481 e. The molecule has 0 saturated carbocycles. The molecule has 1 atom stereocenters. The zero-order valence-electron chi connectivity index (χ0n) is 9.74. The van der Waals surface area contributed by atoms with Crippen molar-refractivity contribution < 1.29 is 23.5 Å². The van der Waals surface area contributed by atoms with Gasteiger partial charge in [0.15, 0.2) is 0 Å². The van der Waals surface area contributed by atoms with Crippen LogP contribution in [0, 0.1) is 17.6 Å². The maximum absolute atomic E-state index is 13.2. The molecule has 0 fully saturated rings. The summed E-state index contributed by atoms with van der Waals surface area (Å²) in [5.41, 5.74) is -0.652. The van der Waals surface area contributed by atoms with Crippen LogP contribution in [-0.2, 0) is 4.79 Å². The molecule has 0 bridgehead atoms. The third kappa shape index (κ3) is 3.51. The molecule has 2 N–H and O–H groups in total. The van der Waals surface area contributed by atoms with Crippen LogP contribution in [0.25, 0.3) is 0 Å². The lowest BCUT2D eigenvalue weighted by Gasteiger charge is -2.08. The average Bonchev–Trinajstić information content (AvgIpc) is 2.28. The molecular weight excluding hydrogens is 244 g/mol. The third-order valence-electron chi connectivity index (χ3n) is 2.47. The molecule has 0 aliphatic carbocycles. The van der Waals surface area contributed by atoms with Crippen LogP contribution in [0.5, 0.6) is 0 Å². The molecule has 18 heavy (non-hydrogen) atoms. The van der Waals surface area contributed by atoms with Crippen molar-refractivity contribution in [1.82, 2.24) is 5.32 Å². The molecule has 98 valence electrons. The molecule has 4 nitrogen and oxygen atoms in total. The van der Waals surface area contributed by atoms with Crippen LogP contribution in [-0.4, -0.2) is 23.5 Å². The molecule has 0 heterocycles. The summed E-state index contributed by atoms with van der Waals surface area (Å²) in [6.07, 6.45) is 0.192. The number of hydrogen-bond donors (Lipinski definition) is 2. The van der Waals surface area contributed by atoms with Crippen LogP contribution in [0.1, 0.15) is 23.7 Å². The average molecular weight is 257 g/mol.